The van der Waals surface area contributed by atoms with Crippen LogP contribution in [0.15, 0.2) is 24.3 Å². The van der Waals surface area contributed by atoms with Crippen LogP contribution in [-0.2, 0) is 11.2 Å². The van der Waals surface area contributed by atoms with E-state index in [4.69, 9.17) is 5.11 Å². The van der Waals surface area contributed by atoms with E-state index in [0.29, 0.717) is 17.8 Å². The van der Waals surface area contributed by atoms with Gasteiger partial charge in [-0.1, -0.05) is 25.1 Å². The monoisotopic (exact) mass is 278 g/mol. The van der Waals surface area contributed by atoms with Gasteiger partial charge in [-0.3, -0.25) is 4.79 Å². The van der Waals surface area contributed by atoms with Crippen molar-refractivity contribution in [3.8, 4) is 0 Å². The molecule has 0 bridgehead atoms. The van der Waals surface area contributed by atoms with Crippen molar-refractivity contribution in [1.29, 1.82) is 0 Å². The molecule has 0 saturated heterocycles. The van der Waals surface area contributed by atoms with Crippen molar-refractivity contribution >= 4 is 17.7 Å². The number of carbonyl (C=O) groups is 2. The van der Waals surface area contributed by atoms with E-state index in [1.807, 2.05) is 20.8 Å². The summed E-state index contributed by atoms with van der Waals surface area (Å²) in [6.07, 6.45) is 0.768. The van der Waals surface area contributed by atoms with Crippen molar-refractivity contribution in [1.82, 2.24) is 4.90 Å². The fourth-order valence-corrected chi connectivity index (χ4v) is 2.02. The van der Waals surface area contributed by atoms with Gasteiger partial charge in [-0.2, -0.15) is 0 Å². The predicted molar refractivity (Wildman–Crippen MR) is 78.9 cm³/mol. The lowest BCUT2D eigenvalue weighted by atomic mass is 10.1. The van der Waals surface area contributed by atoms with E-state index in [-0.39, 0.29) is 18.5 Å². The lowest BCUT2D eigenvalue weighted by Gasteiger charge is -2.27. The smallest absolute Gasteiger partial charge is 0.322 e. The first-order chi connectivity index (χ1) is 9.49. The highest BCUT2D eigenvalue weighted by Gasteiger charge is 2.18. The van der Waals surface area contributed by atoms with Crippen molar-refractivity contribution < 1.29 is 14.7 Å². The summed E-state index contributed by atoms with van der Waals surface area (Å²) < 4.78 is 0. The third-order valence-electron chi connectivity index (χ3n) is 3.33. The Morgan fingerprint density at radius 3 is 2.50 bits per heavy atom. The molecule has 1 atom stereocenters. The third-order valence-corrected chi connectivity index (χ3v) is 3.33. The fourth-order valence-electron chi connectivity index (χ4n) is 2.02. The SMILES string of the molecule is CCC(C)N(CC)C(=O)Nc1ccccc1CC(=O)O. The third kappa shape index (κ3) is 4.26. The number of urea groups is 1. The maximum absolute atomic E-state index is 12.2. The molecule has 0 aliphatic carbocycles. The number of aliphatic carboxylic acids is 1. The molecule has 0 fully saturated rings. The first-order valence-electron chi connectivity index (χ1n) is 6.86. The van der Waals surface area contributed by atoms with E-state index in [9.17, 15) is 9.59 Å². The van der Waals surface area contributed by atoms with Gasteiger partial charge in [-0.15, -0.1) is 0 Å². The molecule has 1 aromatic carbocycles. The molecular weight excluding hydrogens is 256 g/mol. The van der Waals surface area contributed by atoms with Gasteiger partial charge in [0.2, 0.25) is 0 Å². The van der Waals surface area contributed by atoms with Crippen LogP contribution < -0.4 is 5.32 Å². The minimum Gasteiger partial charge on any atom is -0.481 e. The quantitative estimate of drug-likeness (QED) is 0.840. The van der Waals surface area contributed by atoms with Gasteiger partial charge in [0.1, 0.15) is 0 Å². The Kier molecular flexibility index (Phi) is 6.03. The molecule has 5 nitrogen and oxygen atoms in total. The zero-order chi connectivity index (χ0) is 15.1. The lowest BCUT2D eigenvalue weighted by Crippen LogP contribution is -2.41. The van der Waals surface area contributed by atoms with Gasteiger partial charge in [0.05, 0.1) is 6.42 Å². The Bertz CT molecular complexity index is 474. The fraction of sp³-hybridized carbons (Fsp3) is 0.467. The second-order valence-electron chi connectivity index (χ2n) is 4.70. The van der Waals surface area contributed by atoms with Crippen molar-refractivity contribution in [3.05, 3.63) is 29.8 Å². The Hall–Kier alpha value is -2.04. The van der Waals surface area contributed by atoms with Gasteiger partial charge >= 0.3 is 12.0 Å². The highest BCUT2D eigenvalue weighted by atomic mass is 16.4. The molecule has 1 unspecified atom stereocenters. The topological polar surface area (TPSA) is 69.6 Å². The largest absolute Gasteiger partial charge is 0.481 e. The zero-order valence-electron chi connectivity index (χ0n) is 12.2. The average Bonchev–Trinajstić information content (AvgIpc) is 2.41. The number of carboxylic acids is 1. The summed E-state index contributed by atoms with van der Waals surface area (Å²) in [4.78, 5) is 24.8. The maximum atomic E-state index is 12.2. The minimum absolute atomic E-state index is 0.105. The number of benzene rings is 1. The summed E-state index contributed by atoms with van der Waals surface area (Å²) in [5.74, 6) is -0.916. The van der Waals surface area contributed by atoms with Gasteiger partial charge in [-0.25, -0.2) is 4.79 Å². The number of hydrogen-bond acceptors (Lipinski definition) is 2. The first kappa shape index (κ1) is 16.0. The minimum atomic E-state index is -0.916. The van der Waals surface area contributed by atoms with Crippen LogP contribution in [0.4, 0.5) is 10.5 Å². The number of nitrogens with zero attached hydrogens (tertiary/aromatic N) is 1. The molecule has 0 aliphatic rings. The summed E-state index contributed by atoms with van der Waals surface area (Å²) in [7, 11) is 0. The summed E-state index contributed by atoms with van der Waals surface area (Å²) in [6.45, 7) is 6.56. The molecule has 2 amide bonds. The second kappa shape index (κ2) is 7.53. The van der Waals surface area contributed by atoms with E-state index >= 15 is 0 Å². The standard InChI is InChI=1S/C15H22N2O3/c1-4-11(3)17(5-2)15(20)16-13-9-7-6-8-12(13)10-14(18)19/h6-9,11H,4-5,10H2,1-3H3,(H,16,20)(H,18,19). The molecule has 0 saturated carbocycles. The predicted octanol–water partition coefficient (Wildman–Crippen LogP) is 2.97. The van der Waals surface area contributed by atoms with Crippen LogP contribution in [0.2, 0.25) is 0 Å². The number of nitrogens with one attached hydrogen (secondary N) is 1. The molecule has 0 heterocycles. The van der Waals surface area contributed by atoms with E-state index in [1.165, 1.54) is 0 Å². The Morgan fingerprint density at radius 2 is 1.95 bits per heavy atom. The molecule has 0 aromatic heterocycles. The van der Waals surface area contributed by atoms with E-state index < -0.39 is 5.97 Å². The van der Waals surface area contributed by atoms with E-state index in [2.05, 4.69) is 5.32 Å². The van der Waals surface area contributed by atoms with Crippen molar-refractivity contribution in [2.45, 2.75) is 39.7 Å². The van der Waals surface area contributed by atoms with Crippen molar-refractivity contribution in [3.63, 3.8) is 0 Å². The van der Waals surface area contributed by atoms with Gasteiger partial charge < -0.3 is 15.3 Å². The molecule has 0 aliphatic heterocycles. The van der Waals surface area contributed by atoms with E-state index in [0.717, 1.165) is 6.42 Å². The molecule has 1 aromatic rings. The molecule has 20 heavy (non-hydrogen) atoms. The van der Waals surface area contributed by atoms with Gasteiger partial charge in [0.15, 0.2) is 0 Å². The van der Waals surface area contributed by atoms with Gasteiger partial charge in [-0.05, 0) is 31.9 Å². The van der Waals surface area contributed by atoms with Crippen LogP contribution in [0.3, 0.4) is 0 Å². The molecule has 110 valence electrons. The van der Waals surface area contributed by atoms with E-state index in [1.54, 1.807) is 29.2 Å². The highest BCUT2D eigenvalue weighted by molar-refractivity contribution is 5.91. The van der Waals surface area contributed by atoms with Crippen molar-refractivity contribution in [2.24, 2.45) is 0 Å². The number of hydrogen-bond donors (Lipinski definition) is 2. The van der Waals surface area contributed by atoms with Gasteiger partial charge in [0.25, 0.3) is 0 Å². The molecule has 2 N–H and O–H groups in total. The number of amides is 2. The Morgan fingerprint density at radius 1 is 1.30 bits per heavy atom. The normalized spacial score (nSPS) is 11.8. The molecule has 0 radical (unpaired) electrons. The van der Waals surface area contributed by atoms with Gasteiger partial charge in [0, 0.05) is 18.3 Å². The molecular formula is C15H22N2O3. The maximum Gasteiger partial charge on any atom is 0.322 e. The average molecular weight is 278 g/mol. The Balaban J connectivity index is 2.86. The van der Waals surface area contributed by atoms with Crippen LogP contribution in [0, 0.1) is 0 Å². The molecule has 5 heteroatoms. The molecule has 1 rings (SSSR count). The molecule has 0 spiro atoms. The number of rotatable bonds is 6. The van der Waals surface area contributed by atoms with Crippen molar-refractivity contribution in [2.75, 3.05) is 11.9 Å². The zero-order valence-corrected chi connectivity index (χ0v) is 12.2. The summed E-state index contributed by atoms with van der Waals surface area (Å²) >= 11 is 0. The second-order valence-corrected chi connectivity index (χ2v) is 4.70. The van der Waals surface area contributed by atoms with Crippen LogP contribution in [0.1, 0.15) is 32.8 Å². The summed E-state index contributed by atoms with van der Waals surface area (Å²) in [5.41, 5.74) is 1.16. The Labute approximate surface area is 119 Å². The van der Waals surface area contributed by atoms with Crippen LogP contribution in [0.25, 0.3) is 0 Å². The number of carboxylic acid groups (broad SMARTS) is 1. The summed E-state index contributed by atoms with van der Waals surface area (Å²) in [6, 6.07) is 6.93. The van der Waals surface area contributed by atoms with Crippen LogP contribution in [-0.4, -0.2) is 34.6 Å². The highest BCUT2D eigenvalue weighted by Crippen LogP contribution is 2.17. The lowest BCUT2D eigenvalue weighted by molar-refractivity contribution is -0.136. The van der Waals surface area contributed by atoms with Crippen LogP contribution >= 0.6 is 0 Å². The number of anilines is 1. The number of carbonyl (C=O) groups excluding carboxylic acids is 1. The van der Waals surface area contributed by atoms with Crippen LogP contribution in [0.5, 0.6) is 0 Å². The number of para-hydroxylation sites is 1. The summed E-state index contributed by atoms with van der Waals surface area (Å²) in [5, 5.41) is 11.7. The first-order valence-corrected chi connectivity index (χ1v) is 6.86.